The summed E-state index contributed by atoms with van der Waals surface area (Å²) in [6.07, 6.45) is 3.56. The van der Waals surface area contributed by atoms with Crippen LogP contribution < -0.4 is 5.73 Å². The monoisotopic (exact) mass is 308 g/mol. The fourth-order valence-corrected chi connectivity index (χ4v) is 3.28. The van der Waals surface area contributed by atoms with Gasteiger partial charge in [0.1, 0.15) is 12.0 Å². The van der Waals surface area contributed by atoms with Crippen molar-refractivity contribution in [1.82, 2.24) is 4.90 Å². The second-order valence-electron chi connectivity index (χ2n) is 6.52. The molecule has 2 N–H and O–H groups in total. The van der Waals surface area contributed by atoms with E-state index in [0.29, 0.717) is 24.5 Å². The molecule has 0 aliphatic heterocycles. The van der Waals surface area contributed by atoms with E-state index in [4.69, 9.17) is 14.9 Å². The van der Waals surface area contributed by atoms with Crippen LogP contribution in [0.1, 0.15) is 56.7 Å². The van der Waals surface area contributed by atoms with E-state index in [-0.39, 0.29) is 23.5 Å². The molecule has 1 aliphatic carbocycles. The first-order chi connectivity index (χ1) is 10.5. The number of furan rings is 1. The maximum Gasteiger partial charge on any atom is 0.257 e. The molecule has 1 heterocycles. The van der Waals surface area contributed by atoms with E-state index in [9.17, 15) is 4.79 Å². The van der Waals surface area contributed by atoms with E-state index in [1.807, 2.05) is 11.8 Å². The Bertz CT molecular complexity index is 510. The Balaban J connectivity index is 2.15. The Kier molecular flexibility index (Phi) is 5.29. The lowest BCUT2D eigenvalue weighted by atomic mass is 9.63. The molecule has 1 aromatic heterocycles. The lowest BCUT2D eigenvalue weighted by molar-refractivity contribution is -0.140. The summed E-state index contributed by atoms with van der Waals surface area (Å²) in [6, 6.07) is 1.95. The van der Waals surface area contributed by atoms with Gasteiger partial charge in [0.2, 0.25) is 0 Å². The van der Waals surface area contributed by atoms with Crippen molar-refractivity contribution in [2.75, 3.05) is 13.2 Å². The third-order valence-corrected chi connectivity index (χ3v) is 4.70. The second-order valence-corrected chi connectivity index (χ2v) is 6.52. The van der Waals surface area contributed by atoms with Crippen LogP contribution in [-0.4, -0.2) is 36.1 Å². The molecule has 2 atom stereocenters. The fraction of sp³-hybridized carbons (Fsp3) is 0.706. The minimum Gasteiger partial charge on any atom is -0.467 e. The molecule has 22 heavy (non-hydrogen) atoms. The molecule has 124 valence electrons. The van der Waals surface area contributed by atoms with Crippen LogP contribution in [0.5, 0.6) is 0 Å². The molecule has 1 aliphatic rings. The van der Waals surface area contributed by atoms with Crippen molar-refractivity contribution in [3.05, 3.63) is 23.7 Å². The van der Waals surface area contributed by atoms with Gasteiger partial charge in [-0.05, 0) is 25.8 Å². The minimum absolute atomic E-state index is 0.0262. The maximum absolute atomic E-state index is 12.8. The lowest BCUT2D eigenvalue weighted by Crippen LogP contribution is -2.63. The van der Waals surface area contributed by atoms with Crippen LogP contribution in [0.25, 0.3) is 0 Å². The Morgan fingerprint density at radius 2 is 2.23 bits per heavy atom. The first kappa shape index (κ1) is 17.0. The number of hydrogen-bond acceptors (Lipinski definition) is 4. The highest BCUT2D eigenvalue weighted by molar-refractivity contribution is 5.94. The predicted molar refractivity (Wildman–Crippen MR) is 85.5 cm³/mol. The van der Waals surface area contributed by atoms with Crippen molar-refractivity contribution >= 4 is 5.91 Å². The summed E-state index contributed by atoms with van der Waals surface area (Å²) in [5.41, 5.74) is 6.12. The molecular formula is C17H28N2O3. The molecule has 5 nitrogen and oxygen atoms in total. The summed E-state index contributed by atoms with van der Waals surface area (Å²) in [6.45, 7) is 10.2. The van der Waals surface area contributed by atoms with E-state index in [1.54, 1.807) is 6.07 Å². The highest BCUT2D eigenvalue weighted by Crippen LogP contribution is 2.46. The Labute approximate surface area is 132 Å². The normalized spacial score (nSPS) is 23.1. The zero-order valence-corrected chi connectivity index (χ0v) is 14.1. The van der Waals surface area contributed by atoms with Gasteiger partial charge in [-0.25, -0.2) is 0 Å². The number of nitrogens with zero attached hydrogens (tertiary/aromatic N) is 1. The molecule has 2 unspecified atom stereocenters. The number of ether oxygens (including phenoxy) is 1. The first-order valence-corrected chi connectivity index (χ1v) is 8.15. The summed E-state index contributed by atoms with van der Waals surface area (Å²) in [5, 5.41) is 0. The number of rotatable bonds is 7. The van der Waals surface area contributed by atoms with E-state index >= 15 is 0 Å². The van der Waals surface area contributed by atoms with E-state index in [1.165, 1.54) is 6.26 Å². The Hall–Kier alpha value is -1.33. The van der Waals surface area contributed by atoms with Gasteiger partial charge in [-0.3, -0.25) is 4.79 Å². The minimum atomic E-state index is -0.0265. The molecule has 0 aromatic carbocycles. The van der Waals surface area contributed by atoms with Gasteiger partial charge >= 0.3 is 0 Å². The van der Waals surface area contributed by atoms with Crippen LogP contribution in [0, 0.1) is 5.41 Å². The third-order valence-electron chi connectivity index (χ3n) is 4.70. The van der Waals surface area contributed by atoms with Crippen LogP contribution in [0.3, 0.4) is 0 Å². The Morgan fingerprint density at radius 1 is 1.50 bits per heavy atom. The van der Waals surface area contributed by atoms with Crippen LogP contribution in [-0.2, 0) is 11.3 Å². The molecule has 0 radical (unpaired) electrons. The molecule has 1 fully saturated rings. The molecule has 1 aromatic rings. The first-order valence-electron chi connectivity index (χ1n) is 8.15. The fourth-order valence-electron chi connectivity index (χ4n) is 3.28. The van der Waals surface area contributed by atoms with E-state index in [0.717, 1.165) is 19.4 Å². The van der Waals surface area contributed by atoms with Crippen molar-refractivity contribution < 1.29 is 13.9 Å². The quantitative estimate of drug-likeness (QED) is 0.841. The summed E-state index contributed by atoms with van der Waals surface area (Å²) >= 11 is 0. The van der Waals surface area contributed by atoms with Crippen molar-refractivity contribution in [3.8, 4) is 0 Å². The summed E-state index contributed by atoms with van der Waals surface area (Å²) in [4.78, 5) is 14.8. The van der Waals surface area contributed by atoms with Crippen LogP contribution >= 0.6 is 0 Å². The van der Waals surface area contributed by atoms with Gasteiger partial charge < -0.3 is 19.8 Å². The van der Waals surface area contributed by atoms with E-state index in [2.05, 4.69) is 20.8 Å². The SMILES string of the molecule is CCCN(C(=O)c1coc(CN)c1)C1CC(OCC)C1(C)C. The van der Waals surface area contributed by atoms with Crippen molar-refractivity contribution in [1.29, 1.82) is 0 Å². The van der Waals surface area contributed by atoms with Crippen LogP contribution in [0.15, 0.2) is 16.7 Å². The van der Waals surface area contributed by atoms with Crippen molar-refractivity contribution in [2.24, 2.45) is 11.1 Å². The third kappa shape index (κ3) is 3.06. The van der Waals surface area contributed by atoms with Gasteiger partial charge in [0.15, 0.2) is 0 Å². The summed E-state index contributed by atoms with van der Waals surface area (Å²) in [7, 11) is 0. The lowest BCUT2D eigenvalue weighted by Gasteiger charge is -2.55. The topological polar surface area (TPSA) is 68.7 Å². The van der Waals surface area contributed by atoms with Crippen molar-refractivity contribution in [3.63, 3.8) is 0 Å². The van der Waals surface area contributed by atoms with Gasteiger partial charge in [0.25, 0.3) is 5.91 Å². The molecule has 1 saturated carbocycles. The maximum atomic E-state index is 12.8. The number of amides is 1. The van der Waals surface area contributed by atoms with Crippen LogP contribution in [0.4, 0.5) is 0 Å². The van der Waals surface area contributed by atoms with Gasteiger partial charge in [0, 0.05) is 24.6 Å². The predicted octanol–water partition coefficient (Wildman–Crippen LogP) is 2.79. The molecule has 0 spiro atoms. The summed E-state index contributed by atoms with van der Waals surface area (Å²) in [5.74, 6) is 0.665. The van der Waals surface area contributed by atoms with Gasteiger partial charge in [-0.1, -0.05) is 20.8 Å². The van der Waals surface area contributed by atoms with Crippen LogP contribution in [0.2, 0.25) is 0 Å². The molecule has 0 bridgehead atoms. The standard InChI is InChI=1S/C17H28N2O3/c1-5-7-19(14-9-15(21-6-2)17(14,3)4)16(20)12-8-13(10-18)22-11-12/h8,11,14-15H,5-7,9-10,18H2,1-4H3. The van der Waals surface area contributed by atoms with E-state index < -0.39 is 0 Å². The molecule has 5 heteroatoms. The molecule has 0 saturated heterocycles. The molecule has 2 rings (SSSR count). The molecule has 1 amide bonds. The molecular weight excluding hydrogens is 280 g/mol. The van der Waals surface area contributed by atoms with Gasteiger partial charge in [-0.15, -0.1) is 0 Å². The zero-order valence-electron chi connectivity index (χ0n) is 14.1. The zero-order chi connectivity index (χ0) is 16.3. The number of carbonyl (C=O) groups is 1. The average molecular weight is 308 g/mol. The van der Waals surface area contributed by atoms with Crippen molar-refractivity contribution in [2.45, 2.75) is 59.2 Å². The highest BCUT2D eigenvalue weighted by Gasteiger charge is 2.52. The number of nitrogens with two attached hydrogens (primary N) is 1. The largest absolute Gasteiger partial charge is 0.467 e. The average Bonchev–Trinajstić information content (AvgIpc) is 2.98. The number of hydrogen-bond donors (Lipinski definition) is 1. The van der Waals surface area contributed by atoms with Gasteiger partial charge in [0.05, 0.1) is 18.2 Å². The smallest absolute Gasteiger partial charge is 0.257 e. The van der Waals surface area contributed by atoms with Gasteiger partial charge in [-0.2, -0.15) is 0 Å². The second kappa shape index (κ2) is 6.84. The Morgan fingerprint density at radius 3 is 2.73 bits per heavy atom. The number of carbonyl (C=O) groups excluding carboxylic acids is 1. The highest BCUT2D eigenvalue weighted by atomic mass is 16.5. The summed E-state index contributed by atoms with van der Waals surface area (Å²) < 4.78 is 11.1.